The van der Waals surface area contributed by atoms with Crippen molar-refractivity contribution in [3.8, 4) is 0 Å². The molecule has 0 saturated heterocycles. The molecule has 0 aromatic carbocycles. The quantitative estimate of drug-likeness (QED) is 0.664. The first-order valence-electron chi connectivity index (χ1n) is 8.61. The third-order valence-electron chi connectivity index (χ3n) is 4.93. The van der Waals surface area contributed by atoms with E-state index >= 15 is 0 Å². The third-order valence-corrected chi connectivity index (χ3v) is 4.93. The SMILES string of the molecule is CCCNC(C1CCCCC1)C(CC)(CC)OCC. The maximum atomic E-state index is 6.28. The van der Waals surface area contributed by atoms with Gasteiger partial charge in [-0.2, -0.15) is 0 Å². The van der Waals surface area contributed by atoms with Gasteiger partial charge in [0, 0.05) is 12.6 Å². The van der Waals surface area contributed by atoms with Crippen LogP contribution in [0.1, 0.15) is 79.1 Å². The van der Waals surface area contributed by atoms with E-state index in [1.54, 1.807) is 0 Å². The summed E-state index contributed by atoms with van der Waals surface area (Å²) in [6.07, 6.45) is 10.5. The van der Waals surface area contributed by atoms with Crippen LogP contribution < -0.4 is 5.32 Å². The summed E-state index contributed by atoms with van der Waals surface area (Å²) >= 11 is 0. The van der Waals surface area contributed by atoms with Crippen molar-refractivity contribution in [3.05, 3.63) is 0 Å². The van der Waals surface area contributed by atoms with Crippen LogP contribution >= 0.6 is 0 Å². The van der Waals surface area contributed by atoms with Gasteiger partial charge in [-0.15, -0.1) is 0 Å². The van der Waals surface area contributed by atoms with Crippen molar-refractivity contribution in [1.82, 2.24) is 5.32 Å². The molecular formula is C17H35NO. The highest BCUT2D eigenvalue weighted by atomic mass is 16.5. The molecule has 1 aliphatic carbocycles. The van der Waals surface area contributed by atoms with Gasteiger partial charge in [0.25, 0.3) is 0 Å². The fraction of sp³-hybridized carbons (Fsp3) is 1.00. The summed E-state index contributed by atoms with van der Waals surface area (Å²) in [7, 11) is 0. The Labute approximate surface area is 120 Å². The van der Waals surface area contributed by atoms with E-state index in [4.69, 9.17) is 4.74 Å². The second-order valence-corrected chi connectivity index (χ2v) is 6.03. The van der Waals surface area contributed by atoms with Gasteiger partial charge in [0.15, 0.2) is 0 Å². The van der Waals surface area contributed by atoms with Crippen LogP contribution in [0.25, 0.3) is 0 Å². The van der Waals surface area contributed by atoms with E-state index in [-0.39, 0.29) is 5.60 Å². The van der Waals surface area contributed by atoms with E-state index in [0.29, 0.717) is 6.04 Å². The second kappa shape index (κ2) is 8.97. The van der Waals surface area contributed by atoms with Gasteiger partial charge in [-0.25, -0.2) is 0 Å². The molecule has 0 spiro atoms. The van der Waals surface area contributed by atoms with E-state index in [2.05, 4.69) is 33.0 Å². The monoisotopic (exact) mass is 269 g/mol. The molecule has 0 heterocycles. The average molecular weight is 269 g/mol. The van der Waals surface area contributed by atoms with Gasteiger partial charge in [-0.1, -0.05) is 40.0 Å². The minimum atomic E-state index is 0.0475. The molecule has 0 bridgehead atoms. The van der Waals surface area contributed by atoms with E-state index in [1.165, 1.54) is 38.5 Å². The highest BCUT2D eigenvalue weighted by Gasteiger charge is 2.40. The van der Waals surface area contributed by atoms with Crippen molar-refractivity contribution in [1.29, 1.82) is 0 Å². The smallest absolute Gasteiger partial charge is 0.0832 e. The van der Waals surface area contributed by atoms with Crippen LogP contribution in [0.4, 0.5) is 0 Å². The number of ether oxygens (including phenoxy) is 1. The third kappa shape index (κ3) is 4.46. The maximum Gasteiger partial charge on any atom is 0.0832 e. The predicted molar refractivity (Wildman–Crippen MR) is 83.6 cm³/mol. The molecule has 1 atom stereocenters. The normalized spacial score (nSPS) is 19.6. The Morgan fingerprint density at radius 2 is 1.68 bits per heavy atom. The second-order valence-electron chi connectivity index (χ2n) is 6.03. The maximum absolute atomic E-state index is 6.28. The van der Waals surface area contributed by atoms with Crippen molar-refractivity contribution in [2.24, 2.45) is 5.92 Å². The lowest BCUT2D eigenvalue weighted by molar-refractivity contribution is -0.0888. The molecule has 0 aromatic heterocycles. The Hall–Kier alpha value is -0.0800. The molecule has 0 radical (unpaired) electrons. The first kappa shape index (κ1) is 17.0. The van der Waals surface area contributed by atoms with Crippen LogP contribution in [-0.2, 0) is 4.74 Å². The predicted octanol–water partition coefficient (Wildman–Crippen LogP) is 4.53. The molecule has 2 nitrogen and oxygen atoms in total. The summed E-state index contributed by atoms with van der Waals surface area (Å²) < 4.78 is 6.28. The molecule has 1 fully saturated rings. The zero-order valence-corrected chi connectivity index (χ0v) is 13.6. The van der Waals surface area contributed by atoms with E-state index in [1.807, 2.05) is 0 Å². The van der Waals surface area contributed by atoms with Crippen LogP contribution in [0.5, 0.6) is 0 Å². The highest BCUT2D eigenvalue weighted by Crippen LogP contribution is 2.36. The van der Waals surface area contributed by atoms with Gasteiger partial charge < -0.3 is 10.1 Å². The Morgan fingerprint density at radius 3 is 2.16 bits per heavy atom. The molecule has 114 valence electrons. The summed E-state index contributed by atoms with van der Waals surface area (Å²) in [5, 5.41) is 3.84. The van der Waals surface area contributed by atoms with Gasteiger partial charge in [0.2, 0.25) is 0 Å². The van der Waals surface area contributed by atoms with Crippen molar-refractivity contribution < 1.29 is 4.74 Å². The fourth-order valence-corrected chi connectivity index (χ4v) is 3.82. The summed E-state index contributed by atoms with van der Waals surface area (Å²) in [4.78, 5) is 0. The van der Waals surface area contributed by atoms with Gasteiger partial charge in [-0.05, 0) is 51.5 Å². The Bertz CT molecular complexity index is 219. The van der Waals surface area contributed by atoms with Crippen molar-refractivity contribution in [3.63, 3.8) is 0 Å². The lowest BCUT2D eigenvalue weighted by Crippen LogP contribution is -2.56. The van der Waals surface area contributed by atoms with Crippen molar-refractivity contribution >= 4 is 0 Å². The Kier molecular flexibility index (Phi) is 8.01. The van der Waals surface area contributed by atoms with Crippen LogP contribution in [0.15, 0.2) is 0 Å². The Morgan fingerprint density at radius 1 is 1.05 bits per heavy atom. The van der Waals surface area contributed by atoms with Gasteiger partial charge in [-0.3, -0.25) is 0 Å². The van der Waals surface area contributed by atoms with E-state index in [9.17, 15) is 0 Å². The lowest BCUT2D eigenvalue weighted by Gasteiger charge is -2.45. The fourth-order valence-electron chi connectivity index (χ4n) is 3.82. The molecular weight excluding hydrogens is 234 g/mol. The summed E-state index contributed by atoms with van der Waals surface area (Å²) in [6.45, 7) is 10.9. The standard InChI is InChI=1S/C17H35NO/c1-5-14-18-16(15-12-10-9-11-13-15)17(6-2,7-3)19-8-4/h15-16,18H,5-14H2,1-4H3. The molecule has 0 aliphatic heterocycles. The summed E-state index contributed by atoms with van der Waals surface area (Å²) in [6, 6.07) is 0.544. The van der Waals surface area contributed by atoms with Crippen LogP contribution in [0.2, 0.25) is 0 Å². The van der Waals surface area contributed by atoms with Crippen LogP contribution in [0, 0.1) is 5.92 Å². The van der Waals surface area contributed by atoms with Gasteiger partial charge in [0.1, 0.15) is 0 Å². The number of hydrogen-bond donors (Lipinski definition) is 1. The van der Waals surface area contributed by atoms with Gasteiger partial charge >= 0.3 is 0 Å². The Balaban J connectivity index is 2.83. The minimum absolute atomic E-state index is 0.0475. The first-order chi connectivity index (χ1) is 9.24. The number of hydrogen-bond acceptors (Lipinski definition) is 2. The number of nitrogens with one attached hydrogen (secondary N) is 1. The number of rotatable bonds is 9. The van der Waals surface area contributed by atoms with Gasteiger partial charge in [0.05, 0.1) is 5.60 Å². The molecule has 1 unspecified atom stereocenters. The molecule has 0 amide bonds. The van der Waals surface area contributed by atoms with Crippen LogP contribution in [-0.4, -0.2) is 24.8 Å². The summed E-state index contributed by atoms with van der Waals surface area (Å²) in [5.41, 5.74) is 0.0475. The molecule has 1 saturated carbocycles. The zero-order chi connectivity index (χ0) is 14.1. The first-order valence-corrected chi connectivity index (χ1v) is 8.61. The average Bonchev–Trinajstić information content (AvgIpc) is 2.47. The van der Waals surface area contributed by atoms with Crippen molar-refractivity contribution in [2.75, 3.05) is 13.2 Å². The van der Waals surface area contributed by atoms with Crippen LogP contribution in [0.3, 0.4) is 0 Å². The molecule has 1 rings (SSSR count). The molecule has 0 aromatic rings. The lowest BCUT2D eigenvalue weighted by atomic mass is 9.74. The molecule has 1 N–H and O–H groups in total. The zero-order valence-electron chi connectivity index (χ0n) is 13.6. The molecule has 2 heteroatoms. The van der Waals surface area contributed by atoms with E-state index < -0.39 is 0 Å². The van der Waals surface area contributed by atoms with Crippen molar-refractivity contribution in [2.45, 2.75) is 90.7 Å². The highest BCUT2D eigenvalue weighted by molar-refractivity contribution is 4.96. The van der Waals surface area contributed by atoms with E-state index in [0.717, 1.165) is 31.9 Å². The molecule has 1 aliphatic rings. The summed E-state index contributed by atoms with van der Waals surface area (Å²) in [5.74, 6) is 0.812. The minimum Gasteiger partial charge on any atom is -0.374 e. The topological polar surface area (TPSA) is 21.3 Å². The largest absolute Gasteiger partial charge is 0.374 e. The molecule has 19 heavy (non-hydrogen) atoms.